The number of halogens is 1. The van der Waals surface area contributed by atoms with E-state index in [1.807, 2.05) is 20.8 Å². The van der Waals surface area contributed by atoms with Crippen molar-refractivity contribution in [1.82, 2.24) is 40.8 Å². The van der Waals surface area contributed by atoms with Gasteiger partial charge in [0.25, 0.3) is 0 Å². The molecule has 0 radical (unpaired) electrons. The number of aromatic amines is 1. The van der Waals surface area contributed by atoms with Gasteiger partial charge >= 0.3 is 109 Å². The minimum atomic E-state index is -0.799. The van der Waals surface area contributed by atoms with Crippen molar-refractivity contribution in [3.8, 4) is 0 Å². The second-order valence-corrected chi connectivity index (χ2v) is 26.0. The number of hydrogen-bond donors (Lipinski definition) is 3. The molecule has 3 N–H and O–H groups in total. The predicted molar refractivity (Wildman–Crippen MR) is 272 cm³/mol. The molecule has 1 unspecified atom stereocenters. The van der Waals surface area contributed by atoms with Crippen LogP contribution in [0, 0.1) is 108 Å². The maximum absolute atomic E-state index is 13.4. The molecule has 0 bridgehead atoms. The number of aryl methyl sites for hydroxylation is 2. The van der Waals surface area contributed by atoms with Crippen LogP contribution in [0.2, 0.25) is 0 Å². The molecule has 74 heavy (non-hydrogen) atoms. The van der Waals surface area contributed by atoms with E-state index < -0.39 is 23.3 Å². The van der Waals surface area contributed by atoms with Crippen LogP contribution in [0.4, 0.5) is 0 Å². The van der Waals surface area contributed by atoms with E-state index >= 15 is 0 Å². The molecule has 0 spiro atoms. The summed E-state index contributed by atoms with van der Waals surface area (Å²) in [6.45, 7) is 18.1. The van der Waals surface area contributed by atoms with Crippen LogP contribution in [0.3, 0.4) is 0 Å². The van der Waals surface area contributed by atoms with Crippen molar-refractivity contribution in [2.75, 3.05) is 11.9 Å². The van der Waals surface area contributed by atoms with Gasteiger partial charge in [-0.2, -0.15) is 10.0 Å². The monoisotopic (exact) mass is 1150 g/mol. The summed E-state index contributed by atoms with van der Waals surface area (Å²) >= 11 is 3.46. The third-order valence-electron chi connectivity index (χ3n) is 21.3. The number of aromatic nitrogens is 8. The van der Waals surface area contributed by atoms with Gasteiger partial charge < -0.3 is 26.5 Å². The standard InChI is InChI=1S/C25H40N4O2.C23H37BrO2.C5H8O4.C2H4N4.2K.H/c1-5-16-12-21(22(30)14-29-27-15(2)26-28-29)25(4)11-9-19-18-8-10-24(3,31)13-17(18)6-7-20(19)23(16)25;1-4-14-11-19(20(25)13-24)23(3)10-8-17-16-7-9-22(2,26)12-15(16)5-6-18(17)21(14)23;6-5(9-7)4-2-1-3-8-4;1-2-3-5-6-4-2;;;/h16-21,23,31H,5-14H2,1-4H3;14-19,21,26H,4-13H2,1-3H3;4,7H,1-3H2;1H3,(H,3,4,5,6);;;/q;;;;2*+1;-1/p-1/t16-,17-,18+,19-,20-,21-,23+,24-,25-;14-,15-,16+,17-,18-,19-,21+,22-,23-;;;;;/m11...../s1. The zero-order valence-corrected chi connectivity index (χ0v) is 54.6. The number of nitrogens with zero attached hydrogens (tertiary/aromatic N) is 7. The average molecular weight is 1150 g/mol. The summed E-state index contributed by atoms with van der Waals surface area (Å²) in [5, 5.41) is 56.2. The van der Waals surface area contributed by atoms with Gasteiger partial charge in [0, 0.05) is 18.4 Å². The Morgan fingerprint density at radius 2 is 1.24 bits per heavy atom. The van der Waals surface area contributed by atoms with E-state index in [0.717, 1.165) is 98.2 Å². The summed E-state index contributed by atoms with van der Waals surface area (Å²) in [7, 11) is 0. The Morgan fingerprint density at radius 3 is 1.64 bits per heavy atom. The molecule has 3 heterocycles. The van der Waals surface area contributed by atoms with Gasteiger partial charge in [-0.15, -0.1) is 20.4 Å². The molecule has 0 aromatic carbocycles. The van der Waals surface area contributed by atoms with Crippen molar-refractivity contribution in [3.63, 3.8) is 0 Å². The topological polar surface area (TPSA) is 231 Å². The van der Waals surface area contributed by atoms with Crippen molar-refractivity contribution in [2.24, 2.45) is 93.7 Å². The van der Waals surface area contributed by atoms with E-state index in [2.05, 4.69) is 84.5 Å². The number of alkyl halides is 1. The number of H-pyrrole nitrogens is 1. The number of nitrogens with one attached hydrogen (secondary N) is 1. The van der Waals surface area contributed by atoms with Gasteiger partial charge in [0.15, 0.2) is 23.5 Å². The van der Waals surface area contributed by atoms with Gasteiger partial charge in [0.05, 0.1) is 16.5 Å². The molecule has 2 aromatic rings. The third kappa shape index (κ3) is 13.9. The van der Waals surface area contributed by atoms with Crippen molar-refractivity contribution in [3.05, 3.63) is 11.6 Å². The van der Waals surface area contributed by atoms with Crippen LogP contribution in [0.5, 0.6) is 0 Å². The van der Waals surface area contributed by atoms with Gasteiger partial charge in [-0.1, -0.05) is 61.7 Å². The fourth-order valence-electron chi connectivity index (χ4n) is 18.3. The number of hydrogen-bond acceptors (Lipinski definition) is 14. The molecule has 19 atom stereocenters. The minimum absolute atomic E-state index is 0. The maximum atomic E-state index is 13.4. The van der Waals surface area contributed by atoms with Gasteiger partial charge in [-0.25, -0.2) is 4.79 Å². The quantitative estimate of drug-likeness (QED) is 0.149. The Bertz CT molecular complexity index is 2150. The number of aliphatic hydroxyl groups is 2. The molecule has 8 saturated carbocycles. The Labute approximate surface area is 536 Å². The Hall–Kier alpha value is 0.543. The van der Waals surface area contributed by atoms with Gasteiger partial charge in [0.1, 0.15) is 12.3 Å². The predicted octanol–water partition coefficient (Wildman–Crippen LogP) is 2.43. The molecule has 9 aliphatic rings. The number of ether oxygens (including phenoxy) is 1. The Kier molecular flexibility index (Phi) is 23.3. The molecule has 2 aromatic heterocycles. The van der Waals surface area contributed by atoms with E-state index in [1.165, 1.54) is 81.8 Å². The van der Waals surface area contributed by atoms with E-state index in [1.54, 1.807) is 6.92 Å². The second-order valence-electron chi connectivity index (χ2n) is 25.5. The first-order valence-corrected chi connectivity index (χ1v) is 29.3. The first kappa shape index (κ1) is 63.7. The summed E-state index contributed by atoms with van der Waals surface area (Å²) in [6, 6.07) is 0. The summed E-state index contributed by atoms with van der Waals surface area (Å²) < 4.78 is 4.83. The Morgan fingerprint density at radius 1 is 0.730 bits per heavy atom. The zero-order valence-electron chi connectivity index (χ0n) is 47.8. The van der Waals surface area contributed by atoms with Gasteiger partial charge in [-0.3, -0.25) is 9.59 Å². The van der Waals surface area contributed by atoms with Gasteiger partial charge in [0.2, 0.25) is 0 Å². The molecule has 16 nitrogen and oxygen atoms in total. The number of carbonyl (C=O) groups excluding carboxylic acids is 3. The number of tetrazole rings is 2. The van der Waals surface area contributed by atoms with Crippen LogP contribution in [-0.2, 0) is 30.6 Å². The van der Waals surface area contributed by atoms with E-state index in [0.29, 0.717) is 59.3 Å². The number of ketones is 2. The molecular weight excluding hydrogens is 1060 g/mol. The average Bonchev–Trinajstić information content (AvgIpc) is 4.22. The summed E-state index contributed by atoms with van der Waals surface area (Å²) in [6.07, 6.45) is 22.0. The molecule has 19 heteroatoms. The first-order chi connectivity index (χ1) is 34.3. The second kappa shape index (κ2) is 27.1. The molecule has 1 aliphatic heterocycles. The fourth-order valence-corrected chi connectivity index (χ4v) is 18.7. The van der Waals surface area contributed by atoms with Crippen LogP contribution in [-0.4, -0.2) is 97.8 Å². The van der Waals surface area contributed by atoms with E-state index in [9.17, 15) is 29.9 Å². The molecule has 8 aliphatic carbocycles. The van der Waals surface area contributed by atoms with Crippen LogP contribution < -0.4 is 108 Å². The summed E-state index contributed by atoms with van der Waals surface area (Å²) in [5.41, 5.74) is -0.535. The molecule has 0 amide bonds. The molecular formula is C55H89BrK2N8O8. The number of fused-ring (bicyclic) bond motifs is 10. The van der Waals surface area contributed by atoms with Crippen LogP contribution in [0.25, 0.3) is 0 Å². The fraction of sp³-hybridized carbons (Fsp3) is 0.909. The van der Waals surface area contributed by atoms with Gasteiger partial charge in [-0.05, 0) is 230 Å². The SMILES string of the molecule is CC[C@@H]1C[C@H](C(=O)CBr)[C@@]2(C)CC[C@H]3[C@@H](CC[C@@H]4C[C@](C)(O)CC[C@@H]43)[C@H]12.CC[C@@H]1C[C@H](C(=O)Cn2nnc(C)n2)[C@@]2(C)CC[C@H]3[C@@H](CC[C@@H]4C[C@](C)(O)CC[C@@H]43)[C@H]12.Cc1nn[nH]n1.O=C(O[O-])C1CCCO1.[H-].[K+].[K+]. The smallest absolute Gasteiger partial charge is 1.00 e. The normalized spacial score (nSPS) is 42.3. The van der Waals surface area contributed by atoms with Crippen LogP contribution in [0.15, 0.2) is 0 Å². The molecule has 9 fully saturated rings. The van der Waals surface area contributed by atoms with Crippen LogP contribution in [0.1, 0.15) is 183 Å². The maximum Gasteiger partial charge on any atom is 1.00 e. The largest absolute Gasteiger partial charge is 1.00 e. The number of Topliss-reactive ketones (excluding diaryl/α,β-unsaturated/α-hetero) is 2. The van der Waals surface area contributed by atoms with Crippen molar-refractivity contribution in [2.45, 2.75) is 208 Å². The van der Waals surface area contributed by atoms with Crippen molar-refractivity contribution < 1.29 is 144 Å². The van der Waals surface area contributed by atoms with E-state index in [-0.39, 0.29) is 133 Å². The van der Waals surface area contributed by atoms with E-state index in [4.69, 9.17) is 4.74 Å². The summed E-state index contributed by atoms with van der Waals surface area (Å²) in [4.78, 5) is 41.2. The van der Waals surface area contributed by atoms with Crippen LogP contribution >= 0.6 is 15.9 Å². The number of carbonyl (C=O) groups is 3. The number of rotatable bonds is 8. The van der Waals surface area contributed by atoms with Crippen molar-refractivity contribution in [1.29, 1.82) is 0 Å². The molecule has 1 saturated heterocycles. The zero-order chi connectivity index (χ0) is 51.8. The Balaban J connectivity index is 0.000000212. The first-order valence-electron chi connectivity index (χ1n) is 28.2. The summed E-state index contributed by atoms with van der Waals surface area (Å²) in [5.74, 6) is 10.8. The molecule has 406 valence electrons. The minimum Gasteiger partial charge on any atom is -1.00 e. The third-order valence-corrected chi connectivity index (χ3v) is 21.8. The van der Waals surface area contributed by atoms with Crippen molar-refractivity contribution >= 4 is 33.5 Å². The molecule has 11 rings (SSSR count).